The maximum atomic E-state index is 13.3. The van der Waals surface area contributed by atoms with Gasteiger partial charge in [-0.05, 0) is 11.1 Å². The summed E-state index contributed by atoms with van der Waals surface area (Å²) < 4.78 is 34.3. The first-order valence-corrected chi connectivity index (χ1v) is 12.3. The molecule has 1 amide bonds. The summed E-state index contributed by atoms with van der Waals surface area (Å²) in [6.45, 7) is 0. The number of nitrogens with zero attached hydrogens (tertiary/aromatic N) is 1. The van der Waals surface area contributed by atoms with Crippen LogP contribution in [0, 0.1) is 0 Å². The molecule has 1 fully saturated rings. The van der Waals surface area contributed by atoms with Crippen molar-refractivity contribution in [1.29, 1.82) is 0 Å². The van der Waals surface area contributed by atoms with Gasteiger partial charge in [0.25, 0.3) is 0 Å². The van der Waals surface area contributed by atoms with Crippen LogP contribution in [0.15, 0.2) is 72.1 Å². The third-order valence-electron chi connectivity index (χ3n) is 4.85. The maximum absolute atomic E-state index is 13.3. The van der Waals surface area contributed by atoms with Crippen LogP contribution in [0.2, 0.25) is 0 Å². The number of hydrogen-bond donors (Lipinski definition) is 1. The zero-order valence-corrected chi connectivity index (χ0v) is 18.1. The molecule has 2 aromatic carbocycles. The fourth-order valence-corrected chi connectivity index (χ4v) is 5.25. The molecule has 1 saturated heterocycles. The number of benzene rings is 2. The van der Waals surface area contributed by atoms with Crippen LogP contribution >= 0.6 is 11.8 Å². The van der Waals surface area contributed by atoms with Gasteiger partial charge < -0.3 is 14.7 Å². The van der Waals surface area contributed by atoms with Crippen LogP contribution in [0.3, 0.4) is 0 Å². The van der Waals surface area contributed by atoms with E-state index in [1.54, 1.807) is 0 Å². The van der Waals surface area contributed by atoms with Gasteiger partial charge in [-0.25, -0.2) is 4.79 Å². The van der Waals surface area contributed by atoms with Crippen molar-refractivity contribution in [3.63, 3.8) is 0 Å². The summed E-state index contributed by atoms with van der Waals surface area (Å²) in [6.07, 6.45) is 0.111. The van der Waals surface area contributed by atoms with Crippen LogP contribution in [0.5, 0.6) is 0 Å². The van der Waals surface area contributed by atoms with Crippen LogP contribution in [0.1, 0.15) is 17.2 Å². The molecule has 0 aromatic heterocycles. The highest BCUT2D eigenvalue weighted by Gasteiger charge is 2.53. The van der Waals surface area contributed by atoms with Gasteiger partial charge in [0.1, 0.15) is 11.4 Å². The van der Waals surface area contributed by atoms with Crippen LogP contribution in [0.25, 0.3) is 0 Å². The Morgan fingerprint density at radius 3 is 2.16 bits per heavy atom. The number of esters is 1. The normalized spacial score (nSPS) is 20.9. The summed E-state index contributed by atoms with van der Waals surface area (Å²) in [7, 11) is -3.92. The highest BCUT2D eigenvalue weighted by molar-refractivity contribution is 8.00. The monoisotopic (exact) mass is 460 g/mol. The van der Waals surface area contributed by atoms with Gasteiger partial charge in [-0.3, -0.25) is 9.69 Å². The number of β-lactam (4-membered cyclic amide) rings is 1. The summed E-state index contributed by atoms with van der Waals surface area (Å²) in [5.74, 6) is -1.42. The van der Waals surface area contributed by atoms with E-state index >= 15 is 0 Å². The molecule has 0 spiro atoms. The molecule has 162 valence electrons. The summed E-state index contributed by atoms with van der Waals surface area (Å²) in [6, 6.07) is 17.5. The number of thioether (sulfide) groups is 1. The third kappa shape index (κ3) is 4.32. The average molecular weight is 461 g/mol. The molecule has 10 heteroatoms. The number of hydrogen-bond acceptors (Lipinski definition) is 8. The molecule has 2 aromatic rings. The van der Waals surface area contributed by atoms with Crippen molar-refractivity contribution in [2.45, 2.75) is 17.5 Å². The molecule has 8 nitrogen and oxygen atoms in total. The van der Waals surface area contributed by atoms with Crippen LogP contribution in [-0.2, 0) is 28.6 Å². The van der Waals surface area contributed by atoms with E-state index in [-0.39, 0.29) is 17.2 Å². The van der Waals surface area contributed by atoms with Crippen molar-refractivity contribution in [3.8, 4) is 0 Å². The smallest absolute Gasteiger partial charge is 0.359 e. The van der Waals surface area contributed by atoms with Gasteiger partial charge in [-0.2, -0.15) is 8.42 Å². The van der Waals surface area contributed by atoms with Crippen molar-refractivity contribution in [2.75, 3.05) is 12.0 Å². The van der Waals surface area contributed by atoms with Gasteiger partial charge >= 0.3 is 16.1 Å². The molecular formula is C21H20N2O6S2. The van der Waals surface area contributed by atoms with Gasteiger partial charge in [0.05, 0.1) is 12.0 Å². The minimum Gasteiger partial charge on any atom is -0.448 e. The molecule has 2 N–H and O–H groups in total. The van der Waals surface area contributed by atoms with E-state index in [9.17, 15) is 18.0 Å². The number of amides is 1. The van der Waals surface area contributed by atoms with Gasteiger partial charge in [0.2, 0.25) is 5.91 Å². The summed E-state index contributed by atoms with van der Waals surface area (Å²) in [5, 5.41) is -0.478. The second-order valence-corrected chi connectivity index (χ2v) is 9.78. The van der Waals surface area contributed by atoms with Gasteiger partial charge in [0.15, 0.2) is 17.6 Å². The van der Waals surface area contributed by atoms with E-state index in [1.165, 1.54) is 11.8 Å². The molecule has 0 radical (unpaired) electrons. The first kappa shape index (κ1) is 21.4. The lowest BCUT2D eigenvalue weighted by atomic mass is 10.0. The number of fused-ring (bicyclic) bond motifs is 1. The van der Waals surface area contributed by atoms with Gasteiger partial charge in [-0.15, -0.1) is 11.8 Å². The first-order chi connectivity index (χ1) is 14.8. The van der Waals surface area contributed by atoms with Crippen molar-refractivity contribution in [2.24, 2.45) is 5.73 Å². The van der Waals surface area contributed by atoms with E-state index in [1.807, 2.05) is 60.7 Å². The zero-order valence-electron chi connectivity index (χ0n) is 16.5. The molecule has 2 aliphatic rings. The quantitative estimate of drug-likeness (QED) is 0.394. The van der Waals surface area contributed by atoms with E-state index in [2.05, 4.69) is 0 Å². The molecule has 31 heavy (non-hydrogen) atoms. The summed E-state index contributed by atoms with van der Waals surface area (Å²) in [4.78, 5) is 26.8. The molecule has 0 aliphatic carbocycles. The Kier molecular flexibility index (Phi) is 5.78. The predicted octanol–water partition coefficient (Wildman–Crippen LogP) is 1.75. The standard InChI is InChI=1S/C21H20N2O6S2/c1-31(26,27)29-15-12-30-20-16(22)19(24)23(20)17(15)21(25)28-18(13-8-4-2-5-9-13)14-10-6-3-7-11-14/h2-11,16,18,20H,12,22H2,1H3. The molecule has 2 unspecified atom stereocenters. The number of rotatable bonds is 6. The Morgan fingerprint density at radius 2 is 1.65 bits per heavy atom. The lowest BCUT2D eigenvalue weighted by Crippen LogP contribution is -2.68. The Balaban J connectivity index is 1.72. The number of carbonyl (C=O) groups is 2. The minimum atomic E-state index is -3.92. The Morgan fingerprint density at radius 1 is 1.10 bits per heavy atom. The Labute approximate surface area is 184 Å². The fraction of sp³-hybridized carbons (Fsp3) is 0.238. The van der Waals surface area contributed by atoms with Crippen molar-refractivity contribution >= 4 is 33.8 Å². The molecule has 2 aliphatic heterocycles. The van der Waals surface area contributed by atoms with E-state index in [0.29, 0.717) is 0 Å². The minimum absolute atomic E-state index is 0.0704. The van der Waals surface area contributed by atoms with Crippen molar-refractivity contribution < 1.29 is 26.9 Å². The van der Waals surface area contributed by atoms with Gasteiger partial charge in [0, 0.05) is 0 Å². The first-order valence-electron chi connectivity index (χ1n) is 9.40. The highest BCUT2D eigenvalue weighted by Crippen LogP contribution is 2.41. The Hall–Kier alpha value is -2.82. The van der Waals surface area contributed by atoms with E-state index < -0.39 is 39.5 Å². The van der Waals surface area contributed by atoms with Gasteiger partial charge in [-0.1, -0.05) is 60.7 Å². The molecule has 2 heterocycles. The topological polar surface area (TPSA) is 116 Å². The number of ether oxygens (including phenoxy) is 1. The second-order valence-electron chi connectivity index (χ2n) is 7.10. The van der Waals surface area contributed by atoms with E-state index in [0.717, 1.165) is 22.3 Å². The molecule has 0 bridgehead atoms. The highest BCUT2D eigenvalue weighted by atomic mass is 32.2. The average Bonchev–Trinajstić information content (AvgIpc) is 2.76. The Bertz CT molecular complexity index is 1100. The third-order valence-corrected chi connectivity index (χ3v) is 6.63. The molecular weight excluding hydrogens is 440 g/mol. The van der Waals surface area contributed by atoms with Crippen molar-refractivity contribution in [1.82, 2.24) is 4.90 Å². The molecule has 4 rings (SSSR count). The van der Waals surface area contributed by atoms with E-state index in [4.69, 9.17) is 14.7 Å². The van der Waals surface area contributed by atoms with Crippen LogP contribution < -0.4 is 5.73 Å². The SMILES string of the molecule is CS(=O)(=O)OC1=C(C(=O)OC(c2ccccc2)c2ccccc2)N2C(=O)C(N)C2SC1. The second kappa shape index (κ2) is 8.37. The predicted molar refractivity (Wildman–Crippen MR) is 115 cm³/mol. The maximum Gasteiger partial charge on any atom is 0.359 e. The molecule has 2 atom stereocenters. The summed E-state index contributed by atoms with van der Waals surface area (Å²) >= 11 is 1.23. The summed E-state index contributed by atoms with van der Waals surface area (Å²) in [5.41, 5.74) is 7.07. The fourth-order valence-electron chi connectivity index (χ4n) is 3.47. The number of carbonyl (C=O) groups excluding carboxylic acids is 2. The molecule has 0 saturated carbocycles. The van der Waals surface area contributed by atoms with Crippen LogP contribution in [-0.4, -0.2) is 48.6 Å². The lowest BCUT2D eigenvalue weighted by Gasteiger charge is -2.47. The lowest BCUT2D eigenvalue weighted by molar-refractivity contribution is -0.153. The van der Waals surface area contributed by atoms with Crippen molar-refractivity contribution in [3.05, 3.63) is 83.2 Å². The number of nitrogens with two attached hydrogens (primary N) is 1. The zero-order chi connectivity index (χ0) is 22.2. The largest absolute Gasteiger partial charge is 0.448 e. The van der Waals surface area contributed by atoms with Crippen LogP contribution in [0.4, 0.5) is 0 Å².